The molecule has 0 saturated heterocycles. The van der Waals surface area contributed by atoms with E-state index in [0.29, 0.717) is 0 Å². The molecule has 1 rings (SSSR count). The van der Waals surface area contributed by atoms with Crippen molar-refractivity contribution in [1.82, 2.24) is 5.32 Å². The molecule has 1 aromatic rings. The molecule has 6 nitrogen and oxygen atoms in total. The lowest BCUT2D eigenvalue weighted by Gasteiger charge is -2.23. The Balaban J connectivity index is 3.11. The highest BCUT2D eigenvalue weighted by Crippen LogP contribution is 2.20. The lowest BCUT2D eigenvalue weighted by molar-refractivity contribution is -0.121. The first-order valence-corrected chi connectivity index (χ1v) is 6.85. The van der Waals surface area contributed by atoms with Gasteiger partial charge in [0.2, 0.25) is 15.9 Å². The molecule has 0 unspecified atom stereocenters. The molecule has 0 bridgehead atoms. The van der Waals surface area contributed by atoms with Gasteiger partial charge >= 0.3 is 0 Å². The van der Waals surface area contributed by atoms with Gasteiger partial charge in [0.15, 0.2) is 0 Å². The zero-order chi connectivity index (χ0) is 14.0. The summed E-state index contributed by atoms with van der Waals surface area (Å²) in [4.78, 5) is 11.8. The number of nitrogens with two attached hydrogens (primary N) is 1. The van der Waals surface area contributed by atoms with Gasteiger partial charge in [-0.25, -0.2) is 13.6 Å². The van der Waals surface area contributed by atoms with Crippen molar-refractivity contribution in [2.75, 3.05) is 12.4 Å². The Morgan fingerprint density at radius 1 is 1.28 bits per heavy atom. The fraction of sp³-hybridized carbons (Fsp3) is 0.364. The maximum absolute atomic E-state index is 11.9. The van der Waals surface area contributed by atoms with Crippen molar-refractivity contribution in [3.8, 4) is 0 Å². The van der Waals surface area contributed by atoms with Crippen LogP contribution in [-0.2, 0) is 14.8 Å². The number of hydrogen-bond donors (Lipinski definition) is 3. The van der Waals surface area contributed by atoms with E-state index in [0.717, 1.165) is 0 Å². The first-order chi connectivity index (χ1) is 8.18. The van der Waals surface area contributed by atoms with E-state index in [2.05, 4.69) is 10.6 Å². The van der Waals surface area contributed by atoms with E-state index in [-0.39, 0.29) is 16.5 Å². The summed E-state index contributed by atoms with van der Waals surface area (Å²) < 4.78 is 22.7. The number of amides is 1. The van der Waals surface area contributed by atoms with Gasteiger partial charge in [0.25, 0.3) is 0 Å². The summed E-state index contributed by atoms with van der Waals surface area (Å²) in [7, 11) is -2.22. The standard InChI is InChI=1S/C11H17N3O3S/c1-11(2,13-3)10(15)14-8-6-4-5-7-9(8)18(12,16)17/h4-7,13H,1-3H3,(H,14,15)(H2,12,16,17). The third-order valence-electron chi connectivity index (χ3n) is 2.63. The number of primary sulfonamides is 1. The molecular formula is C11H17N3O3S. The molecule has 100 valence electrons. The summed E-state index contributed by atoms with van der Waals surface area (Å²) >= 11 is 0. The van der Waals surface area contributed by atoms with Gasteiger partial charge in [-0.15, -0.1) is 0 Å². The molecule has 0 radical (unpaired) electrons. The highest BCUT2D eigenvalue weighted by atomic mass is 32.2. The Morgan fingerprint density at radius 2 is 1.83 bits per heavy atom. The molecule has 1 amide bonds. The van der Waals surface area contributed by atoms with Crippen molar-refractivity contribution in [1.29, 1.82) is 0 Å². The largest absolute Gasteiger partial charge is 0.323 e. The quantitative estimate of drug-likeness (QED) is 0.731. The van der Waals surface area contributed by atoms with Gasteiger partial charge < -0.3 is 10.6 Å². The van der Waals surface area contributed by atoms with Crippen LogP contribution in [0.3, 0.4) is 0 Å². The van der Waals surface area contributed by atoms with E-state index in [1.165, 1.54) is 12.1 Å². The minimum atomic E-state index is -3.87. The number of rotatable bonds is 4. The molecule has 0 atom stereocenters. The first kappa shape index (κ1) is 14.6. The van der Waals surface area contributed by atoms with Crippen LogP contribution in [-0.4, -0.2) is 26.9 Å². The number of nitrogens with one attached hydrogen (secondary N) is 2. The predicted molar refractivity (Wildman–Crippen MR) is 69.6 cm³/mol. The molecule has 18 heavy (non-hydrogen) atoms. The Bertz CT molecular complexity index is 552. The Labute approximate surface area is 107 Å². The zero-order valence-electron chi connectivity index (χ0n) is 10.5. The van der Waals surface area contributed by atoms with E-state index in [1.54, 1.807) is 33.0 Å². The number of benzene rings is 1. The van der Waals surface area contributed by atoms with Gasteiger partial charge in [-0.2, -0.15) is 0 Å². The van der Waals surface area contributed by atoms with E-state index in [1.807, 2.05) is 0 Å². The molecule has 0 aliphatic carbocycles. The summed E-state index contributed by atoms with van der Waals surface area (Å²) in [5.74, 6) is -0.346. The van der Waals surface area contributed by atoms with Crippen molar-refractivity contribution in [2.45, 2.75) is 24.3 Å². The molecule has 0 spiro atoms. The molecule has 4 N–H and O–H groups in total. The van der Waals surface area contributed by atoms with Gasteiger partial charge in [0.1, 0.15) is 4.90 Å². The summed E-state index contributed by atoms with van der Waals surface area (Å²) in [6.07, 6.45) is 0. The summed E-state index contributed by atoms with van der Waals surface area (Å²) in [6.45, 7) is 3.36. The van der Waals surface area contributed by atoms with E-state index in [9.17, 15) is 13.2 Å². The van der Waals surface area contributed by atoms with Crippen LogP contribution in [0.25, 0.3) is 0 Å². The summed E-state index contributed by atoms with van der Waals surface area (Å²) in [5, 5.41) is 10.5. The van der Waals surface area contributed by atoms with Crippen molar-refractivity contribution in [3.05, 3.63) is 24.3 Å². The smallest absolute Gasteiger partial charge is 0.244 e. The molecule has 0 aromatic heterocycles. The number of anilines is 1. The monoisotopic (exact) mass is 271 g/mol. The van der Waals surface area contributed by atoms with Crippen molar-refractivity contribution in [2.24, 2.45) is 5.14 Å². The van der Waals surface area contributed by atoms with E-state index in [4.69, 9.17) is 5.14 Å². The zero-order valence-corrected chi connectivity index (χ0v) is 11.3. The molecule has 1 aromatic carbocycles. The van der Waals surface area contributed by atoms with Crippen molar-refractivity contribution < 1.29 is 13.2 Å². The second-order valence-corrected chi connectivity index (χ2v) is 5.90. The molecule has 7 heteroatoms. The molecule has 0 aliphatic rings. The van der Waals surface area contributed by atoms with Gasteiger partial charge in [0.05, 0.1) is 11.2 Å². The number of para-hydroxylation sites is 1. The average Bonchev–Trinajstić information content (AvgIpc) is 2.28. The Hall–Kier alpha value is -1.44. The van der Waals surface area contributed by atoms with Gasteiger partial charge in [-0.3, -0.25) is 4.79 Å². The fourth-order valence-electron chi connectivity index (χ4n) is 1.21. The van der Waals surface area contributed by atoms with Crippen molar-refractivity contribution >= 4 is 21.6 Å². The fourth-order valence-corrected chi connectivity index (χ4v) is 1.90. The van der Waals surface area contributed by atoms with Crippen LogP contribution in [0, 0.1) is 0 Å². The van der Waals surface area contributed by atoms with Crippen LogP contribution in [0.2, 0.25) is 0 Å². The molecule has 0 aliphatic heterocycles. The lowest BCUT2D eigenvalue weighted by Crippen LogP contribution is -2.48. The molecule has 0 fully saturated rings. The molecule has 0 saturated carbocycles. The Kier molecular flexibility index (Phi) is 4.10. The second kappa shape index (κ2) is 5.05. The summed E-state index contributed by atoms with van der Waals surface area (Å²) in [6, 6.07) is 6.00. The van der Waals surface area contributed by atoms with Gasteiger partial charge in [-0.05, 0) is 33.0 Å². The molecule has 0 heterocycles. The second-order valence-electron chi connectivity index (χ2n) is 4.37. The number of carbonyl (C=O) groups excluding carboxylic acids is 1. The highest BCUT2D eigenvalue weighted by molar-refractivity contribution is 7.89. The van der Waals surface area contributed by atoms with Crippen LogP contribution in [0.15, 0.2) is 29.2 Å². The van der Waals surface area contributed by atoms with E-state index >= 15 is 0 Å². The van der Waals surface area contributed by atoms with Gasteiger partial charge in [0, 0.05) is 0 Å². The number of carbonyl (C=O) groups is 1. The van der Waals surface area contributed by atoms with Crippen LogP contribution < -0.4 is 15.8 Å². The normalized spacial score (nSPS) is 12.2. The minimum Gasteiger partial charge on any atom is -0.323 e. The van der Waals surface area contributed by atoms with E-state index < -0.39 is 15.6 Å². The van der Waals surface area contributed by atoms with Crippen LogP contribution in [0.5, 0.6) is 0 Å². The maximum Gasteiger partial charge on any atom is 0.244 e. The highest BCUT2D eigenvalue weighted by Gasteiger charge is 2.26. The number of hydrogen-bond acceptors (Lipinski definition) is 4. The van der Waals surface area contributed by atoms with Crippen LogP contribution in [0.4, 0.5) is 5.69 Å². The molecular weight excluding hydrogens is 254 g/mol. The predicted octanol–water partition coefficient (Wildman–Crippen LogP) is 0.271. The summed E-state index contributed by atoms with van der Waals surface area (Å²) in [5.41, 5.74) is -0.640. The number of likely N-dealkylation sites (N-methyl/N-ethyl adjacent to an activating group) is 1. The average molecular weight is 271 g/mol. The van der Waals surface area contributed by atoms with Crippen LogP contribution >= 0.6 is 0 Å². The topological polar surface area (TPSA) is 101 Å². The third-order valence-corrected chi connectivity index (χ3v) is 3.60. The maximum atomic E-state index is 11.9. The Morgan fingerprint density at radius 3 is 2.33 bits per heavy atom. The first-order valence-electron chi connectivity index (χ1n) is 5.30. The number of sulfonamides is 1. The SMILES string of the molecule is CNC(C)(C)C(=O)Nc1ccccc1S(N)(=O)=O. The van der Waals surface area contributed by atoms with Crippen molar-refractivity contribution in [3.63, 3.8) is 0 Å². The van der Waals surface area contributed by atoms with Crippen LogP contribution in [0.1, 0.15) is 13.8 Å². The van der Waals surface area contributed by atoms with Gasteiger partial charge in [-0.1, -0.05) is 12.1 Å². The lowest BCUT2D eigenvalue weighted by atomic mass is 10.1. The minimum absolute atomic E-state index is 0.106. The third kappa shape index (κ3) is 3.28.